The van der Waals surface area contributed by atoms with Crippen LogP contribution in [-0.2, 0) is 9.59 Å². The zero-order valence-corrected chi connectivity index (χ0v) is 15.9. The Bertz CT molecular complexity index is 1020. The SMILES string of the molecule is CN1C(=O)C(CC(=O)Nc2ccc(Oc3ccccc3)cc2)Oc2ccccc21. The van der Waals surface area contributed by atoms with E-state index in [1.54, 1.807) is 37.4 Å². The average Bonchev–Trinajstić information content (AvgIpc) is 2.74. The van der Waals surface area contributed by atoms with E-state index < -0.39 is 6.10 Å². The van der Waals surface area contributed by atoms with Gasteiger partial charge in [0.15, 0.2) is 6.10 Å². The Balaban J connectivity index is 1.37. The molecule has 1 unspecified atom stereocenters. The lowest BCUT2D eigenvalue weighted by molar-refractivity contribution is -0.130. The van der Waals surface area contributed by atoms with E-state index >= 15 is 0 Å². The molecule has 4 rings (SSSR count). The van der Waals surface area contributed by atoms with Crippen molar-refractivity contribution in [3.63, 3.8) is 0 Å². The molecule has 1 heterocycles. The molecule has 0 fully saturated rings. The van der Waals surface area contributed by atoms with Crippen LogP contribution in [0.5, 0.6) is 17.2 Å². The molecule has 1 atom stereocenters. The fraction of sp³-hybridized carbons (Fsp3) is 0.130. The first-order valence-corrected chi connectivity index (χ1v) is 9.26. The van der Waals surface area contributed by atoms with Gasteiger partial charge in [0, 0.05) is 12.7 Å². The van der Waals surface area contributed by atoms with Gasteiger partial charge in [-0.25, -0.2) is 0 Å². The van der Waals surface area contributed by atoms with E-state index in [4.69, 9.17) is 9.47 Å². The summed E-state index contributed by atoms with van der Waals surface area (Å²) in [5, 5.41) is 2.79. The van der Waals surface area contributed by atoms with Crippen LogP contribution in [0, 0.1) is 0 Å². The van der Waals surface area contributed by atoms with Crippen LogP contribution in [0.2, 0.25) is 0 Å². The predicted octanol–water partition coefficient (Wildman–Crippen LogP) is 4.23. The number of ether oxygens (including phenoxy) is 2. The van der Waals surface area contributed by atoms with Crippen LogP contribution < -0.4 is 19.7 Å². The maximum atomic E-state index is 12.5. The molecule has 1 aliphatic heterocycles. The first-order chi connectivity index (χ1) is 14.1. The molecular weight excluding hydrogens is 368 g/mol. The summed E-state index contributed by atoms with van der Waals surface area (Å²) in [4.78, 5) is 26.4. The van der Waals surface area contributed by atoms with E-state index in [0.29, 0.717) is 22.9 Å². The largest absolute Gasteiger partial charge is 0.478 e. The van der Waals surface area contributed by atoms with Gasteiger partial charge in [0.05, 0.1) is 12.1 Å². The van der Waals surface area contributed by atoms with Gasteiger partial charge in [-0.2, -0.15) is 0 Å². The van der Waals surface area contributed by atoms with E-state index in [2.05, 4.69) is 5.32 Å². The first-order valence-electron chi connectivity index (χ1n) is 9.26. The molecule has 0 saturated carbocycles. The number of likely N-dealkylation sites (N-methyl/N-ethyl adjacent to an activating group) is 1. The molecule has 0 saturated heterocycles. The molecule has 0 aromatic heterocycles. The van der Waals surface area contributed by atoms with Gasteiger partial charge in [0.1, 0.15) is 17.2 Å². The summed E-state index contributed by atoms with van der Waals surface area (Å²) in [6.45, 7) is 0. The molecule has 0 aliphatic carbocycles. The van der Waals surface area contributed by atoms with Gasteiger partial charge in [0.2, 0.25) is 5.91 Å². The summed E-state index contributed by atoms with van der Waals surface area (Å²) >= 11 is 0. The number of nitrogens with zero attached hydrogens (tertiary/aromatic N) is 1. The summed E-state index contributed by atoms with van der Waals surface area (Å²) in [5.41, 5.74) is 1.32. The number of anilines is 2. The Hall–Kier alpha value is -3.80. The van der Waals surface area contributed by atoms with Crippen molar-refractivity contribution in [1.82, 2.24) is 0 Å². The van der Waals surface area contributed by atoms with Gasteiger partial charge >= 0.3 is 0 Å². The van der Waals surface area contributed by atoms with Gasteiger partial charge in [-0.05, 0) is 48.5 Å². The molecule has 1 aliphatic rings. The summed E-state index contributed by atoms with van der Waals surface area (Å²) < 4.78 is 11.5. The summed E-state index contributed by atoms with van der Waals surface area (Å²) in [6, 6.07) is 23.8. The van der Waals surface area contributed by atoms with Gasteiger partial charge in [-0.15, -0.1) is 0 Å². The Morgan fingerprint density at radius 1 is 0.966 bits per heavy atom. The van der Waals surface area contributed by atoms with Crippen LogP contribution in [0.1, 0.15) is 6.42 Å². The Morgan fingerprint density at radius 2 is 1.62 bits per heavy atom. The maximum Gasteiger partial charge on any atom is 0.268 e. The molecule has 146 valence electrons. The van der Waals surface area contributed by atoms with Crippen molar-refractivity contribution < 1.29 is 19.1 Å². The van der Waals surface area contributed by atoms with Crippen LogP contribution >= 0.6 is 0 Å². The number of carbonyl (C=O) groups excluding carboxylic acids is 2. The zero-order valence-electron chi connectivity index (χ0n) is 15.9. The molecular formula is C23H20N2O4. The van der Waals surface area contributed by atoms with Gasteiger partial charge < -0.3 is 19.7 Å². The van der Waals surface area contributed by atoms with E-state index in [-0.39, 0.29) is 18.2 Å². The maximum absolute atomic E-state index is 12.5. The number of nitrogens with one attached hydrogen (secondary N) is 1. The minimum Gasteiger partial charge on any atom is -0.478 e. The van der Waals surface area contributed by atoms with Crippen LogP contribution in [-0.4, -0.2) is 25.0 Å². The highest BCUT2D eigenvalue weighted by Crippen LogP contribution is 2.33. The van der Waals surface area contributed by atoms with Gasteiger partial charge in [-0.1, -0.05) is 30.3 Å². The zero-order chi connectivity index (χ0) is 20.2. The van der Waals surface area contributed by atoms with Gasteiger partial charge in [-0.3, -0.25) is 9.59 Å². The normalized spacial score (nSPS) is 15.3. The van der Waals surface area contributed by atoms with E-state index in [9.17, 15) is 9.59 Å². The second-order valence-corrected chi connectivity index (χ2v) is 6.66. The number of rotatable bonds is 5. The highest BCUT2D eigenvalue weighted by molar-refractivity contribution is 6.03. The third-order valence-corrected chi connectivity index (χ3v) is 4.59. The number of para-hydroxylation sites is 3. The van der Waals surface area contributed by atoms with E-state index in [1.165, 1.54) is 4.90 Å². The minimum atomic E-state index is -0.851. The highest BCUT2D eigenvalue weighted by Gasteiger charge is 2.33. The van der Waals surface area contributed by atoms with Crippen LogP contribution in [0.25, 0.3) is 0 Å². The second-order valence-electron chi connectivity index (χ2n) is 6.66. The lowest BCUT2D eigenvalue weighted by Crippen LogP contribution is -2.45. The van der Waals surface area contributed by atoms with Crippen molar-refractivity contribution in [2.75, 3.05) is 17.3 Å². The van der Waals surface area contributed by atoms with Crippen LogP contribution in [0.3, 0.4) is 0 Å². The molecule has 6 heteroatoms. The lowest BCUT2D eigenvalue weighted by Gasteiger charge is -2.31. The molecule has 0 radical (unpaired) electrons. The quantitative estimate of drug-likeness (QED) is 0.710. The van der Waals surface area contributed by atoms with Gasteiger partial charge in [0.25, 0.3) is 5.91 Å². The number of benzene rings is 3. The summed E-state index contributed by atoms with van der Waals surface area (Å²) in [6.07, 6.45) is -0.921. The predicted molar refractivity (Wildman–Crippen MR) is 110 cm³/mol. The molecule has 0 bridgehead atoms. The number of hydrogen-bond acceptors (Lipinski definition) is 4. The van der Waals surface area contributed by atoms with Crippen molar-refractivity contribution in [3.8, 4) is 17.2 Å². The van der Waals surface area contributed by atoms with E-state index in [1.807, 2.05) is 48.5 Å². The summed E-state index contributed by atoms with van der Waals surface area (Å²) in [5.74, 6) is 1.45. The summed E-state index contributed by atoms with van der Waals surface area (Å²) in [7, 11) is 1.68. The molecule has 3 aromatic rings. The Morgan fingerprint density at radius 3 is 2.38 bits per heavy atom. The van der Waals surface area contributed by atoms with Crippen molar-refractivity contribution >= 4 is 23.2 Å². The molecule has 29 heavy (non-hydrogen) atoms. The van der Waals surface area contributed by atoms with Crippen molar-refractivity contribution in [2.45, 2.75) is 12.5 Å². The van der Waals surface area contributed by atoms with Crippen molar-refractivity contribution in [1.29, 1.82) is 0 Å². The van der Waals surface area contributed by atoms with Crippen molar-refractivity contribution in [3.05, 3.63) is 78.9 Å². The Labute approximate surface area is 168 Å². The molecule has 6 nitrogen and oxygen atoms in total. The van der Waals surface area contributed by atoms with Crippen LogP contribution in [0.15, 0.2) is 78.9 Å². The third kappa shape index (κ3) is 4.21. The third-order valence-electron chi connectivity index (χ3n) is 4.59. The number of hydrogen-bond donors (Lipinski definition) is 1. The van der Waals surface area contributed by atoms with Crippen LogP contribution in [0.4, 0.5) is 11.4 Å². The topological polar surface area (TPSA) is 67.9 Å². The average molecular weight is 388 g/mol. The Kier molecular flexibility index (Phi) is 5.16. The second kappa shape index (κ2) is 8.06. The fourth-order valence-corrected chi connectivity index (χ4v) is 3.11. The molecule has 2 amide bonds. The number of fused-ring (bicyclic) bond motifs is 1. The number of carbonyl (C=O) groups is 2. The lowest BCUT2D eigenvalue weighted by atomic mass is 10.1. The standard InChI is InChI=1S/C23H20N2O4/c1-25-19-9-5-6-10-20(19)29-21(23(25)27)15-22(26)24-16-11-13-18(14-12-16)28-17-7-3-2-4-8-17/h2-14,21H,15H2,1H3,(H,24,26). The fourth-order valence-electron chi connectivity index (χ4n) is 3.11. The smallest absolute Gasteiger partial charge is 0.268 e. The molecule has 1 N–H and O–H groups in total. The minimum absolute atomic E-state index is 0.0697. The van der Waals surface area contributed by atoms with E-state index in [0.717, 1.165) is 5.75 Å². The highest BCUT2D eigenvalue weighted by atomic mass is 16.5. The molecule has 3 aromatic carbocycles. The first kappa shape index (κ1) is 18.6. The number of amides is 2. The van der Waals surface area contributed by atoms with Crippen molar-refractivity contribution in [2.24, 2.45) is 0 Å². The monoisotopic (exact) mass is 388 g/mol. The molecule has 0 spiro atoms.